The van der Waals surface area contributed by atoms with E-state index in [0.717, 1.165) is 22.4 Å². The summed E-state index contributed by atoms with van der Waals surface area (Å²) in [5, 5.41) is 0. The Labute approximate surface area is 189 Å². The van der Waals surface area contributed by atoms with Crippen molar-refractivity contribution in [3.05, 3.63) is 101 Å². The number of nitrogens with zero attached hydrogens (tertiary/aromatic N) is 3. The molecule has 0 fully saturated rings. The van der Waals surface area contributed by atoms with E-state index in [0.29, 0.717) is 23.5 Å². The molecule has 0 bridgehead atoms. The van der Waals surface area contributed by atoms with Crippen molar-refractivity contribution < 1.29 is 9.59 Å². The van der Waals surface area contributed by atoms with Crippen molar-refractivity contribution >= 4 is 28.8 Å². The van der Waals surface area contributed by atoms with Gasteiger partial charge in [-0.3, -0.25) is 9.59 Å². The minimum absolute atomic E-state index is 0.301. The molecule has 3 aromatic rings. The number of anilines is 2. The molecule has 0 saturated heterocycles. The molecule has 0 radical (unpaired) electrons. The number of amides is 2. The number of hydrogen-bond donors (Lipinski definition) is 0. The van der Waals surface area contributed by atoms with Gasteiger partial charge in [-0.1, -0.05) is 66.2 Å². The Hall–Kier alpha value is -3.86. The van der Waals surface area contributed by atoms with Crippen LogP contribution >= 0.6 is 0 Å². The highest BCUT2D eigenvalue weighted by molar-refractivity contribution is 6.45. The second kappa shape index (κ2) is 8.71. The summed E-state index contributed by atoms with van der Waals surface area (Å²) < 4.78 is 0. The van der Waals surface area contributed by atoms with Gasteiger partial charge in [0.25, 0.3) is 11.8 Å². The molecule has 3 aromatic carbocycles. The van der Waals surface area contributed by atoms with Gasteiger partial charge in [0.2, 0.25) is 0 Å². The van der Waals surface area contributed by atoms with E-state index in [2.05, 4.69) is 0 Å². The fourth-order valence-electron chi connectivity index (χ4n) is 3.93. The average Bonchev–Trinajstić information content (AvgIpc) is 3.05. The average molecular weight is 426 g/mol. The van der Waals surface area contributed by atoms with Crippen LogP contribution in [-0.2, 0) is 16.1 Å². The highest BCUT2D eigenvalue weighted by Crippen LogP contribution is 2.36. The van der Waals surface area contributed by atoms with E-state index in [1.807, 2.05) is 111 Å². The molecule has 5 heteroatoms. The molecule has 32 heavy (non-hydrogen) atoms. The molecule has 0 spiro atoms. The van der Waals surface area contributed by atoms with E-state index >= 15 is 0 Å². The summed E-state index contributed by atoms with van der Waals surface area (Å²) in [6.07, 6.45) is 0. The van der Waals surface area contributed by atoms with Crippen LogP contribution in [0.3, 0.4) is 0 Å². The molecular formula is C27H27N3O2. The van der Waals surface area contributed by atoms with Crippen molar-refractivity contribution in [1.82, 2.24) is 4.90 Å². The van der Waals surface area contributed by atoms with Gasteiger partial charge < -0.3 is 9.80 Å². The number of carbonyl (C=O) groups is 2. The third-order valence-corrected chi connectivity index (χ3v) is 5.65. The lowest BCUT2D eigenvalue weighted by molar-refractivity contribution is -0.120. The lowest BCUT2D eigenvalue weighted by Crippen LogP contribution is -2.34. The number of aryl methyl sites for hydroxylation is 1. The topological polar surface area (TPSA) is 43.9 Å². The van der Waals surface area contributed by atoms with Crippen molar-refractivity contribution in [2.75, 3.05) is 30.9 Å². The van der Waals surface area contributed by atoms with Gasteiger partial charge in [-0.25, -0.2) is 4.90 Å². The maximum absolute atomic E-state index is 13.7. The molecule has 0 atom stereocenters. The van der Waals surface area contributed by atoms with Crippen LogP contribution in [0.4, 0.5) is 11.4 Å². The van der Waals surface area contributed by atoms with Crippen LogP contribution in [0.25, 0.3) is 5.57 Å². The van der Waals surface area contributed by atoms with E-state index < -0.39 is 0 Å². The fourth-order valence-corrected chi connectivity index (χ4v) is 3.93. The highest BCUT2D eigenvalue weighted by Gasteiger charge is 2.41. The quantitative estimate of drug-likeness (QED) is 0.547. The maximum Gasteiger partial charge on any atom is 0.282 e. The first-order valence-corrected chi connectivity index (χ1v) is 10.6. The first-order valence-electron chi connectivity index (χ1n) is 10.6. The van der Waals surface area contributed by atoms with Crippen LogP contribution in [0.2, 0.25) is 0 Å². The zero-order valence-electron chi connectivity index (χ0n) is 18.9. The van der Waals surface area contributed by atoms with Gasteiger partial charge in [0.1, 0.15) is 5.70 Å². The largest absolute Gasteiger partial charge is 0.378 e. The van der Waals surface area contributed by atoms with Gasteiger partial charge in [0.05, 0.1) is 11.3 Å². The molecule has 1 aliphatic rings. The van der Waals surface area contributed by atoms with Gasteiger partial charge in [-0.05, 0) is 36.2 Å². The maximum atomic E-state index is 13.7. The lowest BCUT2D eigenvalue weighted by atomic mass is 10.0. The first kappa shape index (κ1) is 21.4. The first-order chi connectivity index (χ1) is 15.4. The third-order valence-electron chi connectivity index (χ3n) is 5.65. The summed E-state index contributed by atoms with van der Waals surface area (Å²) >= 11 is 0. The summed E-state index contributed by atoms with van der Waals surface area (Å²) in [4.78, 5) is 32.4. The third kappa shape index (κ3) is 4.02. The number of hydrogen-bond acceptors (Lipinski definition) is 4. The molecule has 162 valence electrons. The Morgan fingerprint density at radius 3 is 2.12 bits per heavy atom. The molecular weight excluding hydrogens is 398 g/mol. The number of carbonyl (C=O) groups excluding carboxylic acids is 2. The predicted octanol–water partition coefficient (Wildman–Crippen LogP) is 4.48. The van der Waals surface area contributed by atoms with E-state index in [9.17, 15) is 9.59 Å². The summed E-state index contributed by atoms with van der Waals surface area (Å²) in [5.41, 5.74) is 5.25. The van der Waals surface area contributed by atoms with E-state index in [1.54, 1.807) is 6.07 Å². The second-order valence-electron chi connectivity index (χ2n) is 8.29. The molecule has 5 nitrogen and oxygen atoms in total. The smallest absolute Gasteiger partial charge is 0.282 e. The SMILES string of the molecule is Cc1ccc(C2=C(N(C)Cc3ccccc3)C(=O)N(c3cccc(N(C)C)c3)C2=O)cc1. The Morgan fingerprint density at radius 2 is 1.47 bits per heavy atom. The predicted molar refractivity (Wildman–Crippen MR) is 129 cm³/mol. The summed E-state index contributed by atoms with van der Waals surface area (Å²) in [7, 11) is 5.73. The summed E-state index contributed by atoms with van der Waals surface area (Å²) in [6.45, 7) is 2.53. The van der Waals surface area contributed by atoms with Crippen LogP contribution < -0.4 is 9.80 Å². The van der Waals surface area contributed by atoms with Gasteiger partial charge in [-0.15, -0.1) is 0 Å². The zero-order chi connectivity index (χ0) is 22.8. The highest BCUT2D eigenvalue weighted by atomic mass is 16.2. The molecule has 0 N–H and O–H groups in total. The van der Waals surface area contributed by atoms with Crippen molar-refractivity contribution in [3.8, 4) is 0 Å². The Kier molecular flexibility index (Phi) is 5.82. The molecule has 2 amide bonds. The van der Waals surface area contributed by atoms with Crippen LogP contribution in [0, 0.1) is 6.92 Å². The van der Waals surface area contributed by atoms with Crippen LogP contribution in [-0.4, -0.2) is 37.9 Å². The second-order valence-corrected chi connectivity index (χ2v) is 8.29. The molecule has 1 aliphatic heterocycles. The number of likely N-dealkylation sites (N-methyl/N-ethyl adjacent to an activating group) is 1. The lowest BCUT2D eigenvalue weighted by Gasteiger charge is -2.22. The molecule has 0 aromatic heterocycles. The van der Waals surface area contributed by atoms with Crippen molar-refractivity contribution in [2.45, 2.75) is 13.5 Å². The molecule has 4 rings (SSSR count). The Bertz CT molecular complexity index is 1180. The molecule has 0 saturated carbocycles. The van der Waals surface area contributed by atoms with E-state index in [1.165, 1.54) is 4.90 Å². The zero-order valence-corrected chi connectivity index (χ0v) is 18.9. The Morgan fingerprint density at radius 1 is 0.781 bits per heavy atom. The number of imide groups is 1. The molecule has 0 unspecified atom stereocenters. The van der Waals surface area contributed by atoms with Crippen molar-refractivity contribution in [3.63, 3.8) is 0 Å². The minimum Gasteiger partial charge on any atom is -0.378 e. The summed E-state index contributed by atoms with van der Waals surface area (Å²) in [5.74, 6) is -0.607. The van der Waals surface area contributed by atoms with Gasteiger partial charge in [0.15, 0.2) is 0 Å². The standard InChI is InChI=1S/C27H27N3O2/c1-19-13-15-21(16-14-19)24-25(29(4)18-20-9-6-5-7-10-20)27(32)30(26(24)31)23-12-8-11-22(17-23)28(2)3/h5-17H,18H2,1-4H3. The summed E-state index contributed by atoms with van der Waals surface area (Å²) in [6, 6.07) is 25.2. The van der Waals surface area contributed by atoms with Gasteiger partial charge in [0, 0.05) is 33.4 Å². The molecule has 0 aliphatic carbocycles. The number of benzene rings is 3. The van der Waals surface area contributed by atoms with E-state index in [-0.39, 0.29) is 11.8 Å². The monoisotopic (exact) mass is 425 g/mol. The number of rotatable bonds is 6. The Balaban J connectivity index is 1.79. The fraction of sp³-hybridized carbons (Fsp3) is 0.185. The molecule has 1 heterocycles. The van der Waals surface area contributed by atoms with Crippen molar-refractivity contribution in [2.24, 2.45) is 0 Å². The van der Waals surface area contributed by atoms with Gasteiger partial charge >= 0.3 is 0 Å². The minimum atomic E-state index is -0.306. The van der Waals surface area contributed by atoms with Crippen LogP contribution in [0.1, 0.15) is 16.7 Å². The van der Waals surface area contributed by atoms with Crippen LogP contribution in [0.15, 0.2) is 84.6 Å². The van der Waals surface area contributed by atoms with Crippen molar-refractivity contribution in [1.29, 1.82) is 0 Å². The van der Waals surface area contributed by atoms with E-state index in [4.69, 9.17) is 0 Å². The normalized spacial score (nSPS) is 13.7. The van der Waals surface area contributed by atoms with Crippen LogP contribution in [0.5, 0.6) is 0 Å². The van der Waals surface area contributed by atoms with Gasteiger partial charge in [-0.2, -0.15) is 0 Å².